The van der Waals surface area contributed by atoms with Gasteiger partial charge in [0.2, 0.25) is 0 Å². The molecule has 0 radical (unpaired) electrons. The van der Waals surface area contributed by atoms with Gasteiger partial charge in [-0.25, -0.2) is 4.79 Å². The predicted molar refractivity (Wildman–Crippen MR) is 117 cm³/mol. The van der Waals surface area contributed by atoms with Crippen LogP contribution in [0, 0.1) is 0 Å². The molecule has 30 heavy (non-hydrogen) atoms. The highest BCUT2D eigenvalue weighted by atomic mass is 32.2. The van der Waals surface area contributed by atoms with E-state index in [1.165, 1.54) is 7.11 Å². The summed E-state index contributed by atoms with van der Waals surface area (Å²) in [6, 6.07) is 25.2. The molecule has 3 aromatic carbocycles. The summed E-state index contributed by atoms with van der Waals surface area (Å²) in [6.07, 6.45) is 0.210. The summed E-state index contributed by atoms with van der Waals surface area (Å²) in [6.45, 7) is 0. The van der Waals surface area contributed by atoms with Gasteiger partial charge in [-0.05, 0) is 41.8 Å². The fourth-order valence-corrected chi connectivity index (χ4v) is 4.14. The van der Waals surface area contributed by atoms with Crippen molar-refractivity contribution in [2.75, 3.05) is 12.9 Å². The zero-order chi connectivity index (χ0) is 21.3. The molecule has 3 aromatic rings. The van der Waals surface area contributed by atoms with Crippen LogP contribution in [0.25, 0.3) is 11.1 Å². The van der Waals surface area contributed by atoms with Crippen LogP contribution in [0.5, 0.6) is 0 Å². The molecule has 6 heteroatoms. The van der Waals surface area contributed by atoms with Gasteiger partial charge in [0.25, 0.3) is 5.91 Å². The molecular weight excluding hydrogens is 398 g/mol. The van der Waals surface area contributed by atoms with Crippen LogP contribution in [0.1, 0.15) is 16.8 Å². The molecule has 1 amide bonds. The lowest BCUT2D eigenvalue weighted by Gasteiger charge is -2.16. The van der Waals surface area contributed by atoms with E-state index in [0.29, 0.717) is 10.5 Å². The largest absolute Gasteiger partial charge is 0.467 e. The molecule has 3 rings (SSSR count). The number of carbonyl (C=O) groups is 2. The van der Waals surface area contributed by atoms with Crippen LogP contribution < -0.4 is 5.32 Å². The van der Waals surface area contributed by atoms with Gasteiger partial charge in [0.1, 0.15) is 6.04 Å². The molecule has 154 valence electrons. The molecule has 0 unspecified atom stereocenters. The zero-order valence-corrected chi connectivity index (χ0v) is 17.4. The Balaban J connectivity index is 1.65. The second-order valence-electron chi connectivity index (χ2n) is 6.64. The fourth-order valence-electron chi connectivity index (χ4n) is 2.99. The van der Waals surface area contributed by atoms with Gasteiger partial charge < -0.3 is 10.1 Å². The summed E-state index contributed by atoms with van der Waals surface area (Å²) in [7, 11) is 0.00294. The maximum atomic E-state index is 12.6. The Hall–Kier alpha value is -3.25. The van der Waals surface area contributed by atoms with Gasteiger partial charge in [0, 0.05) is 16.2 Å². The number of rotatable bonds is 8. The topological polar surface area (TPSA) is 72.5 Å². The molecule has 0 aliphatic heterocycles. The zero-order valence-electron chi connectivity index (χ0n) is 16.6. The Morgan fingerprint density at radius 3 is 2.03 bits per heavy atom. The molecular formula is C24H23NO4S. The van der Waals surface area contributed by atoms with Gasteiger partial charge in [-0.15, -0.1) is 0 Å². The van der Waals surface area contributed by atoms with Crippen molar-refractivity contribution in [3.8, 4) is 11.1 Å². The molecule has 0 saturated carbocycles. The molecule has 2 atom stereocenters. The number of ether oxygens (including phenoxy) is 1. The van der Waals surface area contributed by atoms with Crippen LogP contribution in [0.2, 0.25) is 0 Å². The van der Waals surface area contributed by atoms with Gasteiger partial charge in [-0.3, -0.25) is 9.00 Å². The summed E-state index contributed by atoms with van der Waals surface area (Å²) >= 11 is 0. The van der Waals surface area contributed by atoms with Crippen LogP contribution in [-0.2, 0) is 20.3 Å². The quantitative estimate of drug-likeness (QED) is 0.561. The summed E-state index contributed by atoms with van der Waals surface area (Å²) in [5.41, 5.74) is 2.49. The van der Waals surface area contributed by atoms with E-state index in [9.17, 15) is 13.8 Å². The number of benzene rings is 3. The highest BCUT2D eigenvalue weighted by Gasteiger charge is 2.23. The van der Waals surface area contributed by atoms with Crippen LogP contribution in [0.15, 0.2) is 89.8 Å². The summed E-state index contributed by atoms with van der Waals surface area (Å²) in [5, 5.41) is 2.70. The van der Waals surface area contributed by atoms with Gasteiger partial charge in [0.05, 0.1) is 17.9 Å². The van der Waals surface area contributed by atoms with Crippen LogP contribution in [0.3, 0.4) is 0 Å². The molecule has 0 aromatic heterocycles. The van der Waals surface area contributed by atoms with Crippen molar-refractivity contribution >= 4 is 22.7 Å². The van der Waals surface area contributed by atoms with E-state index in [-0.39, 0.29) is 18.1 Å². The Bertz CT molecular complexity index is 1000. The third kappa shape index (κ3) is 5.64. The lowest BCUT2D eigenvalue weighted by molar-refractivity contribution is -0.142. The first-order valence-electron chi connectivity index (χ1n) is 9.56. The van der Waals surface area contributed by atoms with Gasteiger partial charge >= 0.3 is 5.97 Å². The van der Waals surface area contributed by atoms with Crippen molar-refractivity contribution in [1.29, 1.82) is 0 Å². The Morgan fingerprint density at radius 1 is 0.867 bits per heavy atom. The molecule has 0 fully saturated rings. The van der Waals surface area contributed by atoms with Crippen LogP contribution in [-0.4, -0.2) is 35.0 Å². The van der Waals surface area contributed by atoms with Crippen molar-refractivity contribution in [1.82, 2.24) is 5.32 Å². The predicted octanol–water partition coefficient (Wildman–Crippen LogP) is 3.82. The Morgan fingerprint density at radius 2 is 1.43 bits per heavy atom. The van der Waals surface area contributed by atoms with E-state index < -0.39 is 22.8 Å². The monoisotopic (exact) mass is 421 g/mol. The van der Waals surface area contributed by atoms with Gasteiger partial charge in [-0.2, -0.15) is 0 Å². The van der Waals surface area contributed by atoms with Crippen molar-refractivity contribution in [3.05, 3.63) is 90.5 Å². The Kier molecular flexibility index (Phi) is 7.51. The van der Waals surface area contributed by atoms with E-state index in [2.05, 4.69) is 5.32 Å². The van der Waals surface area contributed by atoms with E-state index in [0.717, 1.165) is 11.1 Å². The molecule has 1 N–H and O–H groups in total. The van der Waals surface area contributed by atoms with Crippen molar-refractivity contribution < 1.29 is 18.5 Å². The number of hydrogen-bond acceptors (Lipinski definition) is 4. The SMILES string of the molecule is COC(=O)[C@H](CC[S@](=O)c1ccccc1)NC(=O)c1ccc(-c2ccccc2)cc1. The highest BCUT2D eigenvalue weighted by Crippen LogP contribution is 2.19. The second kappa shape index (κ2) is 10.5. The van der Waals surface area contributed by atoms with Gasteiger partial charge in [-0.1, -0.05) is 60.7 Å². The van der Waals surface area contributed by atoms with E-state index in [1.807, 2.05) is 60.7 Å². The second-order valence-corrected chi connectivity index (χ2v) is 8.21. The molecule has 0 aliphatic rings. The third-order valence-electron chi connectivity index (χ3n) is 4.64. The van der Waals surface area contributed by atoms with Crippen LogP contribution >= 0.6 is 0 Å². The maximum Gasteiger partial charge on any atom is 0.328 e. The smallest absolute Gasteiger partial charge is 0.328 e. The average Bonchev–Trinajstić information content (AvgIpc) is 2.82. The average molecular weight is 422 g/mol. The first-order chi connectivity index (χ1) is 14.6. The summed E-state index contributed by atoms with van der Waals surface area (Å²) in [4.78, 5) is 25.5. The normalized spacial score (nSPS) is 12.6. The number of amides is 1. The molecule has 0 aliphatic carbocycles. The highest BCUT2D eigenvalue weighted by molar-refractivity contribution is 7.85. The van der Waals surface area contributed by atoms with Crippen molar-refractivity contribution in [2.45, 2.75) is 17.4 Å². The number of esters is 1. The standard InChI is InChI=1S/C24H23NO4S/c1-29-24(27)22(16-17-30(28)21-10-6-3-7-11-21)25-23(26)20-14-12-19(13-15-20)18-8-4-2-5-9-18/h2-15,22H,16-17H2,1H3,(H,25,26)/t22-,30-/m0/s1. The van der Waals surface area contributed by atoms with Crippen molar-refractivity contribution in [2.24, 2.45) is 0 Å². The first-order valence-corrected chi connectivity index (χ1v) is 10.9. The molecule has 0 spiro atoms. The minimum atomic E-state index is -1.27. The molecule has 0 saturated heterocycles. The third-order valence-corrected chi connectivity index (χ3v) is 6.05. The maximum absolute atomic E-state index is 12.6. The van der Waals surface area contributed by atoms with E-state index in [4.69, 9.17) is 4.74 Å². The molecule has 0 bridgehead atoms. The molecule has 5 nitrogen and oxygen atoms in total. The lowest BCUT2D eigenvalue weighted by atomic mass is 10.0. The van der Waals surface area contributed by atoms with Crippen molar-refractivity contribution in [3.63, 3.8) is 0 Å². The number of nitrogens with one attached hydrogen (secondary N) is 1. The fraction of sp³-hybridized carbons (Fsp3) is 0.167. The van der Waals surface area contributed by atoms with Gasteiger partial charge in [0.15, 0.2) is 0 Å². The van der Waals surface area contributed by atoms with E-state index in [1.54, 1.807) is 24.3 Å². The molecule has 0 heterocycles. The van der Waals surface area contributed by atoms with E-state index >= 15 is 0 Å². The Labute approximate surface area is 178 Å². The summed E-state index contributed by atoms with van der Waals surface area (Å²) < 4.78 is 17.2. The minimum Gasteiger partial charge on any atom is -0.467 e. The first kappa shape index (κ1) is 21.5. The number of methoxy groups -OCH3 is 1. The number of hydrogen-bond donors (Lipinski definition) is 1. The summed E-state index contributed by atoms with van der Waals surface area (Å²) in [5.74, 6) is -0.707. The number of carbonyl (C=O) groups excluding carboxylic acids is 2. The van der Waals surface area contributed by atoms with Crippen LogP contribution in [0.4, 0.5) is 0 Å². The minimum absolute atomic E-state index is 0.210. The lowest BCUT2D eigenvalue weighted by Crippen LogP contribution is -2.42.